The van der Waals surface area contributed by atoms with E-state index in [0.717, 1.165) is 6.42 Å². The van der Waals surface area contributed by atoms with Crippen molar-refractivity contribution in [1.29, 1.82) is 0 Å². The van der Waals surface area contributed by atoms with E-state index >= 15 is 0 Å². The first kappa shape index (κ1) is 28.5. The number of carbonyl (C=O) groups excluding carboxylic acids is 4. The van der Waals surface area contributed by atoms with Crippen LogP contribution in [0.1, 0.15) is 74.1 Å². The van der Waals surface area contributed by atoms with Crippen molar-refractivity contribution in [2.75, 3.05) is 0 Å². The van der Waals surface area contributed by atoms with E-state index in [1.54, 1.807) is 13.8 Å². The molecule has 5 rings (SSSR count). The molecule has 0 amide bonds. The average Bonchev–Trinajstić information content (AvgIpc) is 3.64. The molecular formula is C30H44O9. The van der Waals surface area contributed by atoms with E-state index in [1.807, 2.05) is 27.7 Å². The van der Waals surface area contributed by atoms with Crippen molar-refractivity contribution in [2.45, 2.75) is 104 Å². The number of hydrogen-bond acceptors (Lipinski definition) is 9. The lowest BCUT2D eigenvalue weighted by Gasteiger charge is -2.45. The van der Waals surface area contributed by atoms with Crippen molar-refractivity contribution in [3.63, 3.8) is 0 Å². The molecule has 14 unspecified atom stereocenters. The molecule has 5 aliphatic rings. The van der Waals surface area contributed by atoms with Gasteiger partial charge >= 0.3 is 23.9 Å². The molecular weight excluding hydrogens is 504 g/mol. The van der Waals surface area contributed by atoms with Crippen LogP contribution in [-0.4, -0.2) is 59.0 Å². The van der Waals surface area contributed by atoms with Crippen molar-refractivity contribution in [1.82, 2.24) is 0 Å². The van der Waals surface area contributed by atoms with Gasteiger partial charge in [-0.25, -0.2) is 0 Å². The van der Waals surface area contributed by atoms with Gasteiger partial charge in [-0.15, -0.1) is 0 Å². The van der Waals surface area contributed by atoms with Gasteiger partial charge in [-0.1, -0.05) is 20.8 Å². The second-order valence-electron chi connectivity index (χ2n) is 13.8. The minimum absolute atomic E-state index is 0.0111. The Labute approximate surface area is 230 Å². The third kappa shape index (κ3) is 4.81. The van der Waals surface area contributed by atoms with Crippen molar-refractivity contribution in [3.8, 4) is 0 Å². The lowest BCUT2D eigenvalue weighted by molar-refractivity contribution is -0.167. The zero-order chi connectivity index (χ0) is 28.5. The maximum atomic E-state index is 13.3. The highest BCUT2D eigenvalue weighted by Gasteiger charge is 2.68. The first-order chi connectivity index (χ1) is 18.2. The molecule has 4 bridgehead atoms. The highest BCUT2D eigenvalue weighted by molar-refractivity contribution is 5.96. The summed E-state index contributed by atoms with van der Waals surface area (Å²) in [5.41, 5.74) is -0.619. The van der Waals surface area contributed by atoms with Gasteiger partial charge in [-0.3, -0.25) is 19.2 Å². The standard InChI is InChI=1S/C30H44O9/c1-8-19(31)14(4)36-27(33)18-11-20-12(2)21(25(18)37-20)23-15-9-16(17(10-15)28(34)39-30(5,6)7)24(23)22-13(3)26(32)38-29(22)35/h12-25,31H,8-11H2,1-7H3. The Balaban J connectivity index is 1.43. The van der Waals surface area contributed by atoms with Crippen LogP contribution in [0.5, 0.6) is 0 Å². The molecule has 2 saturated carbocycles. The smallest absolute Gasteiger partial charge is 0.317 e. The summed E-state index contributed by atoms with van der Waals surface area (Å²) < 4.78 is 22.9. The predicted octanol–water partition coefficient (Wildman–Crippen LogP) is 3.29. The number of fused-ring (bicyclic) bond motifs is 4. The fourth-order valence-electron chi connectivity index (χ4n) is 8.74. The minimum Gasteiger partial charge on any atom is -0.460 e. The zero-order valence-electron chi connectivity index (χ0n) is 24.1. The first-order valence-corrected chi connectivity index (χ1v) is 14.8. The molecule has 0 aromatic heterocycles. The summed E-state index contributed by atoms with van der Waals surface area (Å²) in [6.45, 7) is 13.0. The molecule has 3 aliphatic heterocycles. The highest BCUT2D eigenvalue weighted by atomic mass is 16.6. The molecule has 3 saturated heterocycles. The second kappa shape index (κ2) is 10.1. The molecule has 14 atom stereocenters. The number of carbonyl (C=O) groups is 4. The van der Waals surface area contributed by atoms with Gasteiger partial charge in [0.25, 0.3) is 0 Å². The molecule has 5 fully saturated rings. The number of rotatable bonds is 7. The van der Waals surface area contributed by atoms with Crippen LogP contribution in [0.25, 0.3) is 0 Å². The summed E-state index contributed by atoms with van der Waals surface area (Å²) >= 11 is 0. The van der Waals surface area contributed by atoms with E-state index < -0.39 is 47.5 Å². The number of hydrogen-bond donors (Lipinski definition) is 1. The van der Waals surface area contributed by atoms with Crippen LogP contribution in [0.15, 0.2) is 0 Å². The molecule has 39 heavy (non-hydrogen) atoms. The summed E-state index contributed by atoms with van der Waals surface area (Å²) in [5.74, 6) is -3.63. The predicted molar refractivity (Wildman–Crippen MR) is 138 cm³/mol. The molecule has 2 aliphatic carbocycles. The maximum absolute atomic E-state index is 13.3. The van der Waals surface area contributed by atoms with Gasteiger partial charge in [0, 0.05) is 0 Å². The molecule has 0 aromatic rings. The van der Waals surface area contributed by atoms with Crippen molar-refractivity contribution >= 4 is 23.9 Å². The molecule has 1 N–H and O–H groups in total. The summed E-state index contributed by atoms with van der Waals surface area (Å²) in [6, 6.07) is 0. The Morgan fingerprint density at radius 2 is 1.69 bits per heavy atom. The Hall–Kier alpha value is -2.00. The van der Waals surface area contributed by atoms with Gasteiger partial charge < -0.3 is 24.1 Å². The van der Waals surface area contributed by atoms with Crippen LogP contribution in [0.3, 0.4) is 0 Å². The van der Waals surface area contributed by atoms with E-state index in [-0.39, 0.29) is 65.6 Å². The van der Waals surface area contributed by atoms with Gasteiger partial charge in [-0.2, -0.15) is 0 Å². The quantitative estimate of drug-likeness (QED) is 0.290. The van der Waals surface area contributed by atoms with Crippen LogP contribution < -0.4 is 0 Å². The van der Waals surface area contributed by atoms with Gasteiger partial charge in [0.15, 0.2) is 0 Å². The number of aliphatic hydroxyl groups excluding tert-OH is 1. The Bertz CT molecular complexity index is 1020. The lowest BCUT2D eigenvalue weighted by Crippen LogP contribution is -2.49. The van der Waals surface area contributed by atoms with Gasteiger partial charge in [-0.05, 0) is 88.9 Å². The fourth-order valence-corrected chi connectivity index (χ4v) is 8.74. The number of cyclic esters (lactones) is 2. The van der Waals surface area contributed by atoms with E-state index in [9.17, 15) is 24.3 Å². The molecule has 9 heteroatoms. The van der Waals surface area contributed by atoms with Crippen LogP contribution >= 0.6 is 0 Å². The fraction of sp³-hybridized carbons (Fsp3) is 0.867. The van der Waals surface area contributed by atoms with Crippen LogP contribution in [0, 0.1) is 59.2 Å². The van der Waals surface area contributed by atoms with Crippen LogP contribution in [0.2, 0.25) is 0 Å². The van der Waals surface area contributed by atoms with E-state index in [4.69, 9.17) is 18.9 Å². The Kier molecular flexibility index (Phi) is 7.41. The van der Waals surface area contributed by atoms with E-state index in [2.05, 4.69) is 6.92 Å². The molecule has 0 aromatic carbocycles. The van der Waals surface area contributed by atoms with Crippen LogP contribution in [-0.2, 0) is 38.1 Å². The van der Waals surface area contributed by atoms with Crippen molar-refractivity contribution in [2.24, 2.45) is 59.2 Å². The second-order valence-corrected chi connectivity index (χ2v) is 13.8. The topological polar surface area (TPSA) is 125 Å². The molecule has 3 heterocycles. The molecule has 9 nitrogen and oxygen atoms in total. The SMILES string of the molecule is CCC(O)C(C)OC(=O)C1CC2OC1C(C1C3CC(C(=O)OC(C)(C)C)C(C3)C1C1C(=O)OC(=O)C1C)C2C. The third-order valence-corrected chi connectivity index (χ3v) is 10.4. The van der Waals surface area contributed by atoms with Crippen molar-refractivity contribution < 1.29 is 43.2 Å². The Morgan fingerprint density at radius 3 is 2.26 bits per heavy atom. The maximum Gasteiger partial charge on any atom is 0.317 e. The first-order valence-electron chi connectivity index (χ1n) is 14.8. The molecule has 0 radical (unpaired) electrons. The number of esters is 4. The average molecular weight is 549 g/mol. The van der Waals surface area contributed by atoms with Crippen LogP contribution in [0.4, 0.5) is 0 Å². The van der Waals surface area contributed by atoms with Crippen molar-refractivity contribution in [3.05, 3.63) is 0 Å². The third-order valence-electron chi connectivity index (χ3n) is 10.4. The summed E-state index contributed by atoms with van der Waals surface area (Å²) in [5, 5.41) is 10.1. The van der Waals surface area contributed by atoms with Gasteiger partial charge in [0.05, 0.1) is 42.0 Å². The normalized spacial score (nSPS) is 44.4. The van der Waals surface area contributed by atoms with E-state index in [1.165, 1.54) is 0 Å². The lowest BCUT2D eigenvalue weighted by atomic mass is 9.57. The van der Waals surface area contributed by atoms with Gasteiger partial charge in [0.2, 0.25) is 0 Å². The summed E-state index contributed by atoms with van der Waals surface area (Å²) in [6.07, 6.45) is 0.709. The Morgan fingerprint density at radius 1 is 1.00 bits per heavy atom. The molecule has 0 spiro atoms. The summed E-state index contributed by atoms with van der Waals surface area (Å²) in [4.78, 5) is 52.1. The molecule has 218 valence electrons. The minimum atomic E-state index is -0.727. The van der Waals surface area contributed by atoms with Gasteiger partial charge in [0.1, 0.15) is 11.7 Å². The van der Waals surface area contributed by atoms with E-state index in [0.29, 0.717) is 19.3 Å². The highest BCUT2D eigenvalue weighted by Crippen LogP contribution is 2.66. The number of aliphatic hydroxyl groups is 1. The number of ether oxygens (including phenoxy) is 4. The monoisotopic (exact) mass is 548 g/mol. The largest absolute Gasteiger partial charge is 0.460 e. The zero-order valence-corrected chi connectivity index (χ0v) is 24.1. The summed E-state index contributed by atoms with van der Waals surface area (Å²) in [7, 11) is 0.